The second-order valence-corrected chi connectivity index (χ2v) is 6.15. The minimum Gasteiger partial charge on any atom is -0.497 e. The summed E-state index contributed by atoms with van der Waals surface area (Å²) in [5.74, 6) is 1.73. The van der Waals surface area contributed by atoms with Crippen LogP contribution in [0.2, 0.25) is 0 Å². The van der Waals surface area contributed by atoms with E-state index in [1.807, 2.05) is 12.1 Å². The number of benzene rings is 2. The summed E-state index contributed by atoms with van der Waals surface area (Å²) in [4.78, 5) is 12.3. The Morgan fingerprint density at radius 2 is 1.62 bits per heavy atom. The maximum atomic E-state index is 12.3. The Kier molecular flexibility index (Phi) is 5.85. The minimum absolute atomic E-state index is 0.189. The van der Waals surface area contributed by atoms with Gasteiger partial charge in [-0.25, -0.2) is 0 Å². The second kappa shape index (κ2) is 7.86. The van der Waals surface area contributed by atoms with E-state index in [9.17, 15) is 4.79 Å². The second-order valence-electron chi connectivity index (χ2n) is 6.15. The van der Waals surface area contributed by atoms with E-state index in [0.29, 0.717) is 17.4 Å². The van der Waals surface area contributed by atoms with E-state index in [1.54, 1.807) is 38.3 Å². The van der Waals surface area contributed by atoms with Crippen LogP contribution in [-0.2, 0) is 4.79 Å². The average Bonchev–Trinajstić information content (AvgIpc) is 2.55. The molecule has 4 nitrogen and oxygen atoms in total. The average molecular weight is 327 g/mol. The Labute approximate surface area is 143 Å². The zero-order chi connectivity index (χ0) is 17.7. The molecule has 0 bridgehead atoms. The van der Waals surface area contributed by atoms with Crippen molar-refractivity contribution in [1.29, 1.82) is 0 Å². The molecule has 0 spiro atoms. The summed E-state index contributed by atoms with van der Waals surface area (Å²) in [5, 5.41) is 2.84. The lowest BCUT2D eigenvalue weighted by atomic mass is 9.98. The molecule has 0 fully saturated rings. The van der Waals surface area contributed by atoms with Crippen LogP contribution in [0.1, 0.15) is 37.8 Å². The maximum Gasteiger partial charge on any atom is 0.265 e. The third kappa shape index (κ3) is 4.51. The lowest BCUT2D eigenvalue weighted by Gasteiger charge is -2.17. The standard InChI is InChI=1S/C20H25NO3/c1-13(2)19-11-10-18(12-14(19)3)24-15(4)20(22)21-16-6-8-17(23-5)9-7-16/h6-13,15H,1-5H3,(H,21,22). The molecule has 0 saturated carbocycles. The molecule has 1 N–H and O–H groups in total. The maximum absolute atomic E-state index is 12.3. The van der Waals surface area contributed by atoms with Gasteiger partial charge in [0.1, 0.15) is 11.5 Å². The fourth-order valence-corrected chi connectivity index (χ4v) is 2.55. The minimum atomic E-state index is -0.587. The largest absolute Gasteiger partial charge is 0.497 e. The number of methoxy groups -OCH3 is 1. The van der Waals surface area contributed by atoms with E-state index >= 15 is 0 Å². The van der Waals surface area contributed by atoms with Crippen molar-refractivity contribution in [1.82, 2.24) is 0 Å². The molecule has 1 amide bonds. The van der Waals surface area contributed by atoms with E-state index in [1.165, 1.54) is 11.1 Å². The van der Waals surface area contributed by atoms with E-state index in [-0.39, 0.29) is 5.91 Å². The Balaban J connectivity index is 1.99. The van der Waals surface area contributed by atoms with Crippen molar-refractivity contribution in [3.8, 4) is 11.5 Å². The molecule has 128 valence electrons. The number of carbonyl (C=O) groups is 1. The summed E-state index contributed by atoms with van der Waals surface area (Å²) in [7, 11) is 1.61. The van der Waals surface area contributed by atoms with Crippen LogP contribution in [0.4, 0.5) is 5.69 Å². The number of amides is 1. The van der Waals surface area contributed by atoms with Gasteiger partial charge in [-0.1, -0.05) is 19.9 Å². The third-order valence-electron chi connectivity index (χ3n) is 3.90. The molecule has 2 aromatic rings. The molecule has 0 radical (unpaired) electrons. The first-order chi connectivity index (χ1) is 11.4. The monoisotopic (exact) mass is 327 g/mol. The van der Waals surface area contributed by atoms with Gasteiger partial charge >= 0.3 is 0 Å². The van der Waals surface area contributed by atoms with Crippen LogP contribution in [0.15, 0.2) is 42.5 Å². The number of ether oxygens (including phenoxy) is 2. The van der Waals surface area contributed by atoms with Crippen molar-refractivity contribution in [2.24, 2.45) is 0 Å². The molecule has 2 aromatic carbocycles. The van der Waals surface area contributed by atoms with Crippen LogP contribution in [0.5, 0.6) is 11.5 Å². The number of aryl methyl sites for hydroxylation is 1. The molecular weight excluding hydrogens is 302 g/mol. The van der Waals surface area contributed by atoms with E-state index in [0.717, 1.165) is 5.75 Å². The molecule has 24 heavy (non-hydrogen) atoms. The molecule has 0 aromatic heterocycles. The molecule has 1 unspecified atom stereocenters. The number of carbonyl (C=O) groups excluding carboxylic acids is 1. The predicted octanol–water partition coefficient (Wildman–Crippen LogP) is 4.53. The fraction of sp³-hybridized carbons (Fsp3) is 0.350. The highest BCUT2D eigenvalue weighted by molar-refractivity contribution is 5.94. The third-order valence-corrected chi connectivity index (χ3v) is 3.90. The number of anilines is 1. The summed E-state index contributed by atoms with van der Waals surface area (Å²) in [6.07, 6.45) is -0.587. The van der Waals surface area contributed by atoms with Gasteiger partial charge in [0.2, 0.25) is 0 Å². The van der Waals surface area contributed by atoms with E-state index < -0.39 is 6.10 Å². The number of rotatable bonds is 6. The quantitative estimate of drug-likeness (QED) is 0.848. The van der Waals surface area contributed by atoms with Crippen molar-refractivity contribution in [2.45, 2.75) is 39.7 Å². The first-order valence-electron chi connectivity index (χ1n) is 8.13. The zero-order valence-corrected chi connectivity index (χ0v) is 14.9. The normalized spacial score (nSPS) is 11.9. The molecule has 4 heteroatoms. The molecular formula is C20H25NO3. The summed E-state index contributed by atoms with van der Waals surface area (Å²) < 4.78 is 10.9. The van der Waals surface area contributed by atoms with Crippen molar-refractivity contribution >= 4 is 11.6 Å². The van der Waals surface area contributed by atoms with Crippen LogP contribution in [0.3, 0.4) is 0 Å². The molecule has 0 aliphatic rings. The highest BCUT2D eigenvalue weighted by atomic mass is 16.5. The predicted molar refractivity (Wildman–Crippen MR) is 97.0 cm³/mol. The molecule has 0 saturated heterocycles. The lowest BCUT2D eigenvalue weighted by molar-refractivity contribution is -0.122. The van der Waals surface area contributed by atoms with Crippen molar-refractivity contribution < 1.29 is 14.3 Å². The molecule has 0 heterocycles. The van der Waals surface area contributed by atoms with E-state index in [4.69, 9.17) is 9.47 Å². The van der Waals surface area contributed by atoms with Crippen molar-refractivity contribution in [3.63, 3.8) is 0 Å². The van der Waals surface area contributed by atoms with Crippen molar-refractivity contribution in [2.75, 3.05) is 12.4 Å². The van der Waals surface area contributed by atoms with Crippen LogP contribution < -0.4 is 14.8 Å². The smallest absolute Gasteiger partial charge is 0.265 e. The highest BCUT2D eigenvalue weighted by Crippen LogP contribution is 2.24. The van der Waals surface area contributed by atoms with Gasteiger partial charge < -0.3 is 14.8 Å². The van der Waals surface area contributed by atoms with E-state index in [2.05, 4.69) is 32.2 Å². The molecule has 1 atom stereocenters. The van der Waals surface area contributed by atoms with Gasteiger partial charge in [-0.05, 0) is 67.3 Å². The Hall–Kier alpha value is -2.49. The van der Waals surface area contributed by atoms with Gasteiger partial charge in [-0.3, -0.25) is 4.79 Å². The SMILES string of the molecule is COc1ccc(NC(=O)C(C)Oc2ccc(C(C)C)c(C)c2)cc1. The summed E-state index contributed by atoms with van der Waals surface area (Å²) >= 11 is 0. The summed E-state index contributed by atoms with van der Waals surface area (Å²) in [6.45, 7) is 8.12. The molecule has 0 aliphatic heterocycles. The van der Waals surface area contributed by atoms with Gasteiger partial charge in [0.05, 0.1) is 7.11 Å². The zero-order valence-electron chi connectivity index (χ0n) is 14.9. The Morgan fingerprint density at radius 1 is 1.00 bits per heavy atom. The van der Waals surface area contributed by atoms with Gasteiger partial charge in [0, 0.05) is 5.69 Å². The number of hydrogen-bond donors (Lipinski definition) is 1. The highest BCUT2D eigenvalue weighted by Gasteiger charge is 2.15. The van der Waals surface area contributed by atoms with Crippen LogP contribution in [-0.4, -0.2) is 19.1 Å². The van der Waals surface area contributed by atoms with Gasteiger partial charge in [0.15, 0.2) is 6.10 Å². The molecule has 2 rings (SSSR count). The first kappa shape index (κ1) is 17.9. The first-order valence-corrected chi connectivity index (χ1v) is 8.13. The van der Waals surface area contributed by atoms with Gasteiger partial charge in [0.25, 0.3) is 5.91 Å². The Bertz CT molecular complexity index is 693. The van der Waals surface area contributed by atoms with Crippen molar-refractivity contribution in [3.05, 3.63) is 53.6 Å². The topological polar surface area (TPSA) is 47.6 Å². The lowest BCUT2D eigenvalue weighted by Crippen LogP contribution is -2.30. The number of hydrogen-bond acceptors (Lipinski definition) is 3. The molecule has 0 aliphatic carbocycles. The van der Waals surface area contributed by atoms with Gasteiger partial charge in [-0.15, -0.1) is 0 Å². The fourth-order valence-electron chi connectivity index (χ4n) is 2.55. The van der Waals surface area contributed by atoms with Gasteiger partial charge in [-0.2, -0.15) is 0 Å². The number of nitrogens with one attached hydrogen (secondary N) is 1. The van der Waals surface area contributed by atoms with Crippen LogP contribution in [0, 0.1) is 6.92 Å². The van der Waals surface area contributed by atoms with Crippen LogP contribution in [0.25, 0.3) is 0 Å². The summed E-state index contributed by atoms with van der Waals surface area (Å²) in [6, 6.07) is 13.1. The Morgan fingerprint density at radius 3 is 2.17 bits per heavy atom. The summed E-state index contributed by atoms with van der Waals surface area (Å²) in [5.41, 5.74) is 3.17. The van der Waals surface area contributed by atoms with Crippen LogP contribution >= 0.6 is 0 Å².